The first kappa shape index (κ1) is 51.4. The molecule has 0 rings (SSSR count). The van der Waals surface area contributed by atoms with E-state index in [4.69, 9.17) is 10.5 Å². The molecule has 0 aliphatic rings. The maximum Gasteiger partial charge on any atom is 0.326 e. The standard InChI is InChI=1S/C46H90N2O5/c1-3-5-7-9-11-13-14-15-16-17-18-19-20-21-23-25-30-34-40-45(50)53-42(36-31-27-24-22-12-10-8-6-4-2)37-32-28-26-29-33-39-44(49)48-43(46(51)52)38-35-41-47/h42-43H,3-41,47H2,1-2H3,(H,48,49)(H,51,52). The number of ether oxygens (including phenoxy) is 1. The maximum atomic E-state index is 12.8. The van der Waals surface area contributed by atoms with Gasteiger partial charge in [0.25, 0.3) is 0 Å². The van der Waals surface area contributed by atoms with Crippen LogP contribution in [0.3, 0.4) is 0 Å². The van der Waals surface area contributed by atoms with Crippen LogP contribution in [-0.2, 0) is 19.1 Å². The molecule has 0 heterocycles. The molecule has 4 N–H and O–H groups in total. The number of carboxylic acid groups (broad SMARTS) is 1. The fourth-order valence-corrected chi connectivity index (χ4v) is 7.39. The van der Waals surface area contributed by atoms with E-state index in [0.717, 1.165) is 64.2 Å². The summed E-state index contributed by atoms with van der Waals surface area (Å²) in [6, 6.07) is -0.852. The summed E-state index contributed by atoms with van der Waals surface area (Å²) in [5.74, 6) is -1.21. The Morgan fingerprint density at radius 1 is 0.472 bits per heavy atom. The molecule has 0 aliphatic heterocycles. The summed E-state index contributed by atoms with van der Waals surface area (Å²) in [7, 11) is 0. The van der Waals surface area contributed by atoms with Crippen LogP contribution in [0, 0.1) is 0 Å². The van der Waals surface area contributed by atoms with Crippen molar-refractivity contribution >= 4 is 17.8 Å². The molecular formula is C46H90N2O5. The molecule has 0 aromatic heterocycles. The Balaban J connectivity index is 4.14. The molecule has 2 atom stereocenters. The number of nitrogens with one attached hydrogen (secondary N) is 1. The highest BCUT2D eigenvalue weighted by Gasteiger charge is 2.19. The summed E-state index contributed by atoms with van der Waals surface area (Å²) in [4.78, 5) is 36.4. The number of hydrogen-bond acceptors (Lipinski definition) is 5. The lowest BCUT2D eigenvalue weighted by Crippen LogP contribution is -2.40. The van der Waals surface area contributed by atoms with Gasteiger partial charge < -0.3 is 20.9 Å². The first-order valence-electron chi connectivity index (χ1n) is 23.4. The lowest BCUT2D eigenvalue weighted by molar-refractivity contribution is -0.150. The molecule has 7 nitrogen and oxygen atoms in total. The Morgan fingerprint density at radius 3 is 1.17 bits per heavy atom. The lowest BCUT2D eigenvalue weighted by Gasteiger charge is -2.18. The van der Waals surface area contributed by atoms with E-state index in [-0.39, 0.29) is 18.0 Å². The zero-order valence-corrected chi connectivity index (χ0v) is 35.4. The molecule has 0 spiro atoms. The van der Waals surface area contributed by atoms with Gasteiger partial charge in [-0.15, -0.1) is 0 Å². The predicted octanol–water partition coefficient (Wildman–Crippen LogP) is 13.3. The van der Waals surface area contributed by atoms with Gasteiger partial charge in [0.1, 0.15) is 12.1 Å². The SMILES string of the molecule is CCCCCCCCCCCCCCCCCCCCC(=O)OC(CCCCCCCCCCC)CCCCCCCC(=O)NC(CCCN)C(=O)O. The number of rotatable bonds is 43. The molecule has 0 aromatic carbocycles. The number of aliphatic carboxylic acids is 1. The fraction of sp³-hybridized carbons (Fsp3) is 0.935. The number of hydrogen-bond donors (Lipinski definition) is 3. The average molecular weight is 751 g/mol. The third-order valence-corrected chi connectivity index (χ3v) is 10.9. The number of carbonyl (C=O) groups is 3. The monoisotopic (exact) mass is 751 g/mol. The Kier molecular flexibility index (Phi) is 40.3. The summed E-state index contributed by atoms with van der Waals surface area (Å²) in [5, 5.41) is 11.9. The smallest absolute Gasteiger partial charge is 0.326 e. The summed E-state index contributed by atoms with van der Waals surface area (Å²) in [6.45, 7) is 4.96. The van der Waals surface area contributed by atoms with E-state index >= 15 is 0 Å². The van der Waals surface area contributed by atoms with Crippen LogP contribution in [0.15, 0.2) is 0 Å². The van der Waals surface area contributed by atoms with Crippen molar-refractivity contribution in [1.29, 1.82) is 0 Å². The van der Waals surface area contributed by atoms with Crippen LogP contribution in [0.25, 0.3) is 0 Å². The number of amides is 1. The summed E-state index contributed by atoms with van der Waals surface area (Å²) in [6.07, 6.45) is 44.4. The van der Waals surface area contributed by atoms with Crippen molar-refractivity contribution in [3.63, 3.8) is 0 Å². The summed E-state index contributed by atoms with van der Waals surface area (Å²) < 4.78 is 6.05. The Bertz CT molecular complexity index is 807. The third-order valence-electron chi connectivity index (χ3n) is 10.9. The van der Waals surface area contributed by atoms with Gasteiger partial charge in [0.2, 0.25) is 5.91 Å². The van der Waals surface area contributed by atoms with E-state index in [1.165, 1.54) is 154 Å². The van der Waals surface area contributed by atoms with Gasteiger partial charge in [-0.2, -0.15) is 0 Å². The number of carbonyl (C=O) groups excluding carboxylic acids is 2. The van der Waals surface area contributed by atoms with Gasteiger partial charge in [-0.25, -0.2) is 4.79 Å². The average Bonchev–Trinajstić information content (AvgIpc) is 3.14. The zero-order valence-electron chi connectivity index (χ0n) is 35.4. The van der Waals surface area contributed by atoms with Crippen molar-refractivity contribution in [2.45, 2.75) is 270 Å². The molecule has 0 aromatic rings. The van der Waals surface area contributed by atoms with E-state index in [1.54, 1.807) is 0 Å². The second kappa shape index (κ2) is 41.5. The van der Waals surface area contributed by atoms with Gasteiger partial charge in [-0.05, 0) is 57.9 Å². The van der Waals surface area contributed by atoms with Gasteiger partial charge >= 0.3 is 11.9 Å². The maximum absolute atomic E-state index is 12.8. The second-order valence-corrected chi connectivity index (χ2v) is 16.2. The molecule has 7 heteroatoms. The molecule has 0 bridgehead atoms. The van der Waals surface area contributed by atoms with Gasteiger partial charge in [-0.1, -0.05) is 194 Å². The van der Waals surface area contributed by atoms with Crippen molar-refractivity contribution < 1.29 is 24.2 Å². The second-order valence-electron chi connectivity index (χ2n) is 16.2. The van der Waals surface area contributed by atoms with Gasteiger partial charge in [0.05, 0.1) is 0 Å². The van der Waals surface area contributed by atoms with Gasteiger partial charge in [0, 0.05) is 12.8 Å². The quantitative estimate of drug-likeness (QED) is 0.0422. The minimum atomic E-state index is -1.00. The topological polar surface area (TPSA) is 119 Å². The highest BCUT2D eigenvalue weighted by Crippen LogP contribution is 2.19. The highest BCUT2D eigenvalue weighted by atomic mass is 16.5. The molecule has 0 saturated heterocycles. The predicted molar refractivity (Wildman–Crippen MR) is 225 cm³/mol. The van der Waals surface area contributed by atoms with Crippen molar-refractivity contribution in [2.75, 3.05) is 6.54 Å². The Labute approximate surface area is 328 Å². The summed E-state index contributed by atoms with van der Waals surface area (Å²) in [5.41, 5.74) is 5.49. The number of carboxylic acids is 1. The molecular weight excluding hydrogens is 661 g/mol. The third kappa shape index (κ3) is 38.4. The Hall–Kier alpha value is -1.63. The van der Waals surface area contributed by atoms with Crippen LogP contribution in [0.2, 0.25) is 0 Å². The van der Waals surface area contributed by atoms with Crippen LogP contribution in [0.5, 0.6) is 0 Å². The molecule has 0 radical (unpaired) electrons. The van der Waals surface area contributed by atoms with Crippen molar-refractivity contribution in [2.24, 2.45) is 5.73 Å². The van der Waals surface area contributed by atoms with Crippen molar-refractivity contribution in [3.8, 4) is 0 Å². The lowest BCUT2D eigenvalue weighted by atomic mass is 10.0. The van der Waals surface area contributed by atoms with E-state index < -0.39 is 12.0 Å². The number of unbranched alkanes of at least 4 members (excludes halogenated alkanes) is 29. The summed E-state index contributed by atoms with van der Waals surface area (Å²) >= 11 is 0. The minimum absolute atomic E-state index is 0.0143. The van der Waals surface area contributed by atoms with Crippen LogP contribution in [0.1, 0.15) is 258 Å². The molecule has 0 aliphatic carbocycles. The molecule has 0 fully saturated rings. The van der Waals surface area contributed by atoms with Gasteiger partial charge in [-0.3, -0.25) is 9.59 Å². The molecule has 1 amide bonds. The van der Waals surface area contributed by atoms with Crippen LogP contribution in [0.4, 0.5) is 0 Å². The minimum Gasteiger partial charge on any atom is -0.480 e. The first-order valence-corrected chi connectivity index (χ1v) is 23.4. The normalized spacial score (nSPS) is 12.5. The van der Waals surface area contributed by atoms with E-state index in [1.807, 2.05) is 0 Å². The van der Waals surface area contributed by atoms with Gasteiger partial charge in [0.15, 0.2) is 0 Å². The fourth-order valence-electron chi connectivity index (χ4n) is 7.39. The molecule has 314 valence electrons. The van der Waals surface area contributed by atoms with Crippen molar-refractivity contribution in [1.82, 2.24) is 5.32 Å². The van der Waals surface area contributed by atoms with Crippen LogP contribution < -0.4 is 11.1 Å². The first-order chi connectivity index (χ1) is 25.9. The Morgan fingerprint density at radius 2 is 0.811 bits per heavy atom. The highest BCUT2D eigenvalue weighted by molar-refractivity contribution is 5.83. The van der Waals surface area contributed by atoms with E-state index in [9.17, 15) is 19.5 Å². The van der Waals surface area contributed by atoms with Crippen LogP contribution in [-0.4, -0.2) is 41.6 Å². The molecule has 2 unspecified atom stereocenters. The largest absolute Gasteiger partial charge is 0.480 e. The molecule has 0 saturated carbocycles. The number of nitrogens with two attached hydrogens (primary N) is 1. The van der Waals surface area contributed by atoms with Crippen molar-refractivity contribution in [3.05, 3.63) is 0 Å². The molecule has 53 heavy (non-hydrogen) atoms. The number of esters is 1. The zero-order chi connectivity index (χ0) is 38.9. The van der Waals surface area contributed by atoms with E-state index in [0.29, 0.717) is 32.2 Å². The van der Waals surface area contributed by atoms with Crippen LogP contribution >= 0.6 is 0 Å². The van der Waals surface area contributed by atoms with E-state index in [2.05, 4.69) is 19.2 Å².